The molecule has 1 fully saturated rings. The third-order valence-electron chi connectivity index (χ3n) is 6.09. The normalized spacial score (nSPS) is 18.1. The Morgan fingerprint density at radius 1 is 1.18 bits per heavy atom. The molecule has 0 atom stereocenters. The molecule has 4 rings (SSSR count). The molecule has 0 aliphatic carbocycles. The SMILES string of the molecule is COc1cc2c(cc1/C=C1/SC(=O)N(CC(=O)Nc3ccccc3)C1=O)C(C)=CC(C)(C)N2C. The Balaban J connectivity index is 1.60. The van der Waals surface area contributed by atoms with Crippen LogP contribution >= 0.6 is 11.8 Å². The first kappa shape index (κ1) is 23.6. The predicted molar refractivity (Wildman–Crippen MR) is 137 cm³/mol. The Kier molecular flexibility index (Phi) is 6.27. The summed E-state index contributed by atoms with van der Waals surface area (Å²) in [4.78, 5) is 41.3. The Morgan fingerprint density at radius 2 is 1.88 bits per heavy atom. The molecule has 2 aliphatic heterocycles. The molecule has 2 aromatic carbocycles. The van der Waals surface area contributed by atoms with Gasteiger partial charge >= 0.3 is 0 Å². The summed E-state index contributed by atoms with van der Waals surface area (Å²) in [6.45, 7) is 6.00. The van der Waals surface area contributed by atoms with Crippen molar-refractivity contribution in [3.63, 3.8) is 0 Å². The number of benzene rings is 2. The number of amides is 3. The third-order valence-corrected chi connectivity index (χ3v) is 7.00. The number of thioether (sulfide) groups is 1. The van der Waals surface area contributed by atoms with Gasteiger partial charge in [0.2, 0.25) is 5.91 Å². The number of hydrogen-bond acceptors (Lipinski definition) is 6. The quantitative estimate of drug-likeness (QED) is 0.611. The predicted octanol–water partition coefficient (Wildman–Crippen LogP) is 5.00. The molecule has 34 heavy (non-hydrogen) atoms. The van der Waals surface area contributed by atoms with Crippen molar-refractivity contribution in [1.82, 2.24) is 4.90 Å². The van der Waals surface area contributed by atoms with Crippen molar-refractivity contribution >= 4 is 51.8 Å². The van der Waals surface area contributed by atoms with Crippen molar-refractivity contribution in [3.05, 3.63) is 64.6 Å². The van der Waals surface area contributed by atoms with Gasteiger partial charge in [-0.3, -0.25) is 19.3 Å². The Labute approximate surface area is 203 Å². The maximum absolute atomic E-state index is 13.0. The fourth-order valence-corrected chi connectivity index (χ4v) is 4.96. The summed E-state index contributed by atoms with van der Waals surface area (Å²) in [5, 5.41) is 2.22. The van der Waals surface area contributed by atoms with Gasteiger partial charge in [0.05, 0.1) is 17.6 Å². The lowest BCUT2D eigenvalue weighted by atomic mass is 9.88. The van der Waals surface area contributed by atoms with E-state index in [1.54, 1.807) is 37.5 Å². The van der Waals surface area contributed by atoms with Gasteiger partial charge < -0.3 is 15.0 Å². The molecule has 1 saturated heterocycles. The number of nitrogens with one attached hydrogen (secondary N) is 1. The highest BCUT2D eigenvalue weighted by molar-refractivity contribution is 8.18. The van der Waals surface area contributed by atoms with E-state index in [1.807, 2.05) is 25.2 Å². The third kappa shape index (κ3) is 4.46. The van der Waals surface area contributed by atoms with Gasteiger partial charge in [-0.05, 0) is 62.4 Å². The standard InChI is InChI=1S/C26H27N3O4S/c1-16-14-26(2,3)28(4)20-13-21(33-5)17(11-19(16)20)12-22-24(31)29(25(32)34-22)15-23(30)27-18-9-7-6-8-10-18/h6-14H,15H2,1-5H3,(H,27,30)/b22-12+. The number of carbonyl (C=O) groups excluding carboxylic acids is 3. The van der Waals surface area contributed by atoms with Crippen molar-refractivity contribution < 1.29 is 19.1 Å². The van der Waals surface area contributed by atoms with E-state index in [9.17, 15) is 14.4 Å². The smallest absolute Gasteiger partial charge is 0.294 e. The lowest BCUT2D eigenvalue weighted by Gasteiger charge is -2.41. The van der Waals surface area contributed by atoms with E-state index in [-0.39, 0.29) is 17.0 Å². The molecular formula is C26H27N3O4S. The minimum absolute atomic E-state index is 0.146. The topological polar surface area (TPSA) is 79.0 Å². The second-order valence-corrected chi connectivity index (χ2v) is 9.83. The molecule has 1 N–H and O–H groups in total. The van der Waals surface area contributed by atoms with Gasteiger partial charge in [-0.25, -0.2) is 0 Å². The van der Waals surface area contributed by atoms with Gasteiger partial charge in [-0.1, -0.05) is 24.3 Å². The van der Waals surface area contributed by atoms with E-state index in [0.29, 0.717) is 17.0 Å². The first-order valence-corrected chi connectivity index (χ1v) is 11.7. The van der Waals surface area contributed by atoms with Crippen LogP contribution in [-0.2, 0) is 9.59 Å². The van der Waals surface area contributed by atoms with E-state index in [0.717, 1.165) is 33.5 Å². The summed E-state index contributed by atoms with van der Waals surface area (Å²) >= 11 is 0.821. The Bertz CT molecular complexity index is 1230. The summed E-state index contributed by atoms with van der Waals surface area (Å²) < 4.78 is 5.62. The summed E-state index contributed by atoms with van der Waals surface area (Å²) in [7, 11) is 3.61. The zero-order valence-electron chi connectivity index (χ0n) is 19.8. The van der Waals surface area contributed by atoms with Crippen molar-refractivity contribution in [3.8, 4) is 5.75 Å². The molecule has 7 nitrogen and oxygen atoms in total. The minimum Gasteiger partial charge on any atom is -0.496 e. The van der Waals surface area contributed by atoms with Gasteiger partial charge in [0.25, 0.3) is 11.1 Å². The zero-order chi connectivity index (χ0) is 24.6. The minimum atomic E-state index is -0.497. The van der Waals surface area contributed by atoms with E-state index in [2.05, 4.69) is 37.1 Å². The molecule has 0 saturated carbocycles. The number of methoxy groups -OCH3 is 1. The maximum Gasteiger partial charge on any atom is 0.294 e. The Hall–Kier alpha value is -3.52. The van der Waals surface area contributed by atoms with Crippen LogP contribution in [0.2, 0.25) is 0 Å². The molecule has 0 radical (unpaired) electrons. The Morgan fingerprint density at radius 3 is 2.56 bits per heavy atom. The highest BCUT2D eigenvalue weighted by atomic mass is 32.2. The first-order chi connectivity index (χ1) is 16.1. The second-order valence-electron chi connectivity index (χ2n) is 8.83. The maximum atomic E-state index is 13.0. The number of nitrogens with zero attached hydrogens (tertiary/aromatic N) is 2. The highest BCUT2D eigenvalue weighted by Gasteiger charge is 2.37. The summed E-state index contributed by atoms with van der Waals surface area (Å²) in [6, 6.07) is 12.8. The fourth-order valence-electron chi connectivity index (χ4n) is 4.13. The molecule has 3 amide bonds. The monoisotopic (exact) mass is 477 g/mol. The van der Waals surface area contributed by atoms with Crippen molar-refractivity contribution in [2.45, 2.75) is 26.3 Å². The van der Waals surface area contributed by atoms with Crippen LogP contribution in [0.1, 0.15) is 31.9 Å². The summed E-state index contributed by atoms with van der Waals surface area (Å²) in [5.74, 6) is -0.333. The van der Waals surface area contributed by atoms with Crippen LogP contribution < -0.4 is 15.0 Å². The van der Waals surface area contributed by atoms with Gasteiger partial charge in [0, 0.05) is 35.6 Å². The number of imide groups is 1. The number of rotatable bonds is 5. The van der Waals surface area contributed by atoms with E-state index in [1.165, 1.54) is 0 Å². The van der Waals surface area contributed by atoms with Crippen molar-refractivity contribution in [2.24, 2.45) is 0 Å². The van der Waals surface area contributed by atoms with Crippen LogP contribution in [-0.4, -0.2) is 48.2 Å². The van der Waals surface area contributed by atoms with E-state index >= 15 is 0 Å². The number of hydrogen-bond donors (Lipinski definition) is 1. The van der Waals surface area contributed by atoms with Crippen LogP contribution in [0.3, 0.4) is 0 Å². The van der Waals surface area contributed by atoms with Gasteiger partial charge in [0.1, 0.15) is 12.3 Å². The second kappa shape index (κ2) is 9.02. The lowest BCUT2D eigenvalue weighted by molar-refractivity contribution is -0.127. The molecule has 2 aliphatic rings. The van der Waals surface area contributed by atoms with Crippen molar-refractivity contribution in [1.29, 1.82) is 0 Å². The molecule has 2 heterocycles. The van der Waals surface area contributed by atoms with E-state index in [4.69, 9.17) is 4.74 Å². The van der Waals surface area contributed by atoms with Crippen molar-refractivity contribution in [2.75, 3.05) is 30.9 Å². The fraction of sp³-hybridized carbons (Fsp3) is 0.269. The highest BCUT2D eigenvalue weighted by Crippen LogP contribution is 2.42. The average Bonchev–Trinajstić information content (AvgIpc) is 3.05. The number of anilines is 2. The number of fused-ring (bicyclic) bond motifs is 1. The summed E-state index contributed by atoms with van der Waals surface area (Å²) in [5.41, 5.74) is 4.35. The van der Waals surface area contributed by atoms with Crippen LogP contribution in [0.15, 0.2) is 53.4 Å². The van der Waals surface area contributed by atoms with Crippen LogP contribution in [0.4, 0.5) is 16.2 Å². The molecule has 8 heteroatoms. The van der Waals surface area contributed by atoms with Gasteiger partial charge in [-0.2, -0.15) is 0 Å². The zero-order valence-corrected chi connectivity index (χ0v) is 20.7. The van der Waals surface area contributed by atoms with Gasteiger partial charge in [0.15, 0.2) is 0 Å². The largest absolute Gasteiger partial charge is 0.496 e. The van der Waals surface area contributed by atoms with Gasteiger partial charge in [-0.15, -0.1) is 0 Å². The molecule has 0 unspecified atom stereocenters. The lowest BCUT2D eigenvalue weighted by Crippen LogP contribution is -2.42. The molecule has 2 aromatic rings. The summed E-state index contributed by atoms with van der Waals surface area (Å²) in [6.07, 6.45) is 3.86. The van der Waals surface area contributed by atoms with E-state index < -0.39 is 17.1 Å². The van der Waals surface area contributed by atoms with Crippen LogP contribution in [0, 0.1) is 0 Å². The number of carbonyl (C=O) groups is 3. The number of ether oxygens (including phenoxy) is 1. The van der Waals surface area contributed by atoms with Crippen LogP contribution in [0.5, 0.6) is 5.75 Å². The molecule has 176 valence electrons. The number of para-hydroxylation sites is 1. The number of allylic oxidation sites excluding steroid dienone is 1. The molecule has 0 bridgehead atoms. The molecular weight excluding hydrogens is 450 g/mol. The van der Waals surface area contributed by atoms with Crippen LogP contribution in [0.25, 0.3) is 11.6 Å². The molecule has 0 aromatic heterocycles. The number of likely N-dealkylation sites (N-methyl/N-ethyl adjacent to an activating group) is 1. The molecule has 0 spiro atoms. The average molecular weight is 478 g/mol. The first-order valence-electron chi connectivity index (χ1n) is 10.9.